The number of fused-ring (bicyclic) bond motifs is 1. The highest BCUT2D eigenvalue weighted by Crippen LogP contribution is 2.36. The molecule has 1 atom stereocenters. The van der Waals surface area contributed by atoms with E-state index in [0.717, 1.165) is 52.1 Å². The third-order valence-corrected chi connectivity index (χ3v) is 7.33. The first-order valence-electron chi connectivity index (χ1n) is 12.7. The summed E-state index contributed by atoms with van der Waals surface area (Å²) in [6.45, 7) is 4.23. The van der Waals surface area contributed by atoms with Gasteiger partial charge in [0.2, 0.25) is 0 Å². The van der Waals surface area contributed by atoms with Crippen LogP contribution < -0.4 is 15.1 Å². The van der Waals surface area contributed by atoms with E-state index in [0.29, 0.717) is 17.2 Å². The predicted molar refractivity (Wildman–Crippen MR) is 144 cm³/mol. The maximum Gasteiger partial charge on any atom is 0.340 e. The molecule has 0 spiro atoms. The summed E-state index contributed by atoms with van der Waals surface area (Å²) < 4.78 is 10.4. The van der Waals surface area contributed by atoms with Crippen molar-refractivity contribution in [2.24, 2.45) is 0 Å². The number of esters is 1. The van der Waals surface area contributed by atoms with Gasteiger partial charge in [0.25, 0.3) is 0 Å². The van der Waals surface area contributed by atoms with Crippen molar-refractivity contribution in [1.82, 2.24) is 4.98 Å². The Bertz CT molecular complexity index is 1190. The van der Waals surface area contributed by atoms with E-state index in [4.69, 9.17) is 9.47 Å². The fourth-order valence-corrected chi connectivity index (χ4v) is 5.24. The fourth-order valence-electron chi connectivity index (χ4n) is 5.24. The minimum Gasteiger partial charge on any atom is -0.465 e. The van der Waals surface area contributed by atoms with Gasteiger partial charge in [0.1, 0.15) is 0 Å². The molecule has 7 nitrogen and oxygen atoms in total. The minimum absolute atomic E-state index is 0.352. The number of hydrogen-bond donors (Lipinski definition) is 1. The van der Waals surface area contributed by atoms with Crippen molar-refractivity contribution in [2.45, 2.75) is 25.2 Å². The molecule has 0 bridgehead atoms. The van der Waals surface area contributed by atoms with Gasteiger partial charge in [0.05, 0.1) is 37.8 Å². The molecular weight excluding hydrogens is 452 g/mol. The molecule has 1 saturated heterocycles. The number of nitrogens with zero attached hydrogens (tertiary/aromatic N) is 3. The van der Waals surface area contributed by atoms with Gasteiger partial charge in [0, 0.05) is 55.9 Å². The highest BCUT2D eigenvalue weighted by atomic mass is 16.5. The summed E-state index contributed by atoms with van der Waals surface area (Å²) in [6.07, 6.45) is 6.66. The molecule has 2 heterocycles. The highest BCUT2D eigenvalue weighted by Gasteiger charge is 2.22. The largest absolute Gasteiger partial charge is 0.465 e. The lowest BCUT2D eigenvalue weighted by Gasteiger charge is -2.30. The van der Waals surface area contributed by atoms with Crippen LogP contribution in [0, 0.1) is 0 Å². The summed E-state index contributed by atoms with van der Waals surface area (Å²) in [7, 11) is 3.53. The Morgan fingerprint density at radius 3 is 2.69 bits per heavy atom. The zero-order valence-electron chi connectivity index (χ0n) is 21.1. The molecule has 0 amide bonds. The van der Waals surface area contributed by atoms with Crippen molar-refractivity contribution >= 4 is 28.7 Å². The number of methoxy groups -OCH3 is 1. The molecule has 1 aliphatic carbocycles. The zero-order valence-corrected chi connectivity index (χ0v) is 21.1. The summed E-state index contributed by atoms with van der Waals surface area (Å²) in [5.74, 6) is 0.0289. The molecule has 2 aromatic carbocycles. The molecule has 1 N–H and O–H groups in total. The molecule has 0 saturated carbocycles. The van der Waals surface area contributed by atoms with Gasteiger partial charge in [0.15, 0.2) is 0 Å². The average Bonchev–Trinajstić information content (AvgIpc) is 2.95. The van der Waals surface area contributed by atoms with E-state index in [-0.39, 0.29) is 5.97 Å². The summed E-state index contributed by atoms with van der Waals surface area (Å²) in [5, 5.41) is 3.45. The summed E-state index contributed by atoms with van der Waals surface area (Å²) >= 11 is 0. The van der Waals surface area contributed by atoms with Crippen LogP contribution >= 0.6 is 0 Å². The molecule has 1 aromatic heterocycles. The fraction of sp³-hybridized carbons (Fsp3) is 0.379. The Balaban J connectivity index is 1.28. The van der Waals surface area contributed by atoms with Crippen LogP contribution in [-0.4, -0.2) is 58.0 Å². The topological polar surface area (TPSA) is 66.9 Å². The number of aryl methyl sites for hydroxylation is 1. The van der Waals surface area contributed by atoms with Gasteiger partial charge in [-0.3, -0.25) is 4.98 Å². The molecule has 188 valence electrons. The molecular formula is C29H34N4O3. The third-order valence-electron chi connectivity index (χ3n) is 7.33. The monoisotopic (exact) mass is 486 g/mol. The van der Waals surface area contributed by atoms with Crippen LogP contribution in [-0.2, 0) is 15.9 Å². The van der Waals surface area contributed by atoms with Crippen LogP contribution in [0.5, 0.6) is 0 Å². The lowest BCUT2D eigenvalue weighted by atomic mass is 9.82. The molecule has 0 radical (unpaired) electrons. The van der Waals surface area contributed by atoms with Gasteiger partial charge in [-0.05, 0) is 72.9 Å². The van der Waals surface area contributed by atoms with Crippen molar-refractivity contribution in [1.29, 1.82) is 0 Å². The minimum atomic E-state index is -0.352. The number of morpholine rings is 1. The van der Waals surface area contributed by atoms with E-state index in [9.17, 15) is 4.79 Å². The first kappa shape index (κ1) is 24.1. The number of anilines is 4. The van der Waals surface area contributed by atoms with E-state index in [2.05, 4.69) is 69.6 Å². The van der Waals surface area contributed by atoms with Gasteiger partial charge in [-0.1, -0.05) is 6.07 Å². The van der Waals surface area contributed by atoms with Gasteiger partial charge >= 0.3 is 5.97 Å². The SMILES string of the molecule is COC(=O)c1ccncc1NC[C@@H]1CCCc2cc(N(C)c3ccc(N4CCOCC4)cc3)ccc21. The number of benzene rings is 2. The number of nitrogens with one attached hydrogen (secondary N) is 1. The van der Waals surface area contributed by atoms with Crippen molar-refractivity contribution in [3.8, 4) is 0 Å². The Morgan fingerprint density at radius 1 is 1.14 bits per heavy atom. The summed E-state index contributed by atoms with van der Waals surface area (Å²) in [5.41, 5.74) is 7.64. The third kappa shape index (κ3) is 5.16. The number of aromatic nitrogens is 1. The molecule has 3 aromatic rings. The van der Waals surface area contributed by atoms with Crippen molar-refractivity contribution in [3.63, 3.8) is 0 Å². The second-order valence-electron chi connectivity index (χ2n) is 9.44. The first-order valence-corrected chi connectivity index (χ1v) is 12.7. The molecule has 1 aliphatic heterocycles. The average molecular weight is 487 g/mol. The summed E-state index contributed by atoms with van der Waals surface area (Å²) in [4.78, 5) is 20.9. The lowest BCUT2D eigenvalue weighted by Crippen LogP contribution is -2.36. The van der Waals surface area contributed by atoms with Crippen molar-refractivity contribution in [3.05, 3.63) is 77.6 Å². The standard InChI is InChI=1S/C29H34N4O3/c1-32(23-6-8-24(9-7-23)33-14-16-36-17-15-33)25-10-11-26-21(18-25)4-3-5-22(26)19-31-28-20-30-13-12-27(28)29(34)35-2/h6-13,18,20,22,31H,3-5,14-17,19H2,1-2H3/t22-/m0/s1. The van der Waals surface area contributed by atoms with Crippen LogP contribution in [0.4, 0.5) is 22.7 Å². The zero-order chi connectivity index (χ0) is 24.9. The number of carbonyl (C=O) groups is 1. The second kappa shape index (κ2) is 11.0. The van der Waals surface area contributed by atoms with Gasteiger partial charge < -0.3 is 24.6 Å². The Morgan fingerprint density at radius 2 is 1.92 bits per heavy atom. The van der Waals surface area contributed by atoms with Crippen molar-refractivity contribution < 1.29 is 14.3 Å². The molecule has 2 aliphatic rings. The Labute approximate surface area is 213 Å². The normalized spacial score (nSPS) is 17.3. The van der Waals surface area contributed by atoms with E-state index in [1.54, 1.807) is 18.5 Å². The first-order chi connectivity index (χ1) is 17.6. The van der Waals surface area contributed by atoms with E-state index >= 15 is 0 Å². The van der Waals surface area contributed by atoms with Crippen LogP contribution in [0.2, 0.25) is 0 Å². The van der Waals surface area contributed by atoms with Crippen LogP contribution in [0.1, 0.15) is 40.2 Å². The Kier molecular flexibility index (Phi) is 7.37. The van der Waals surface area contributed by atoms with Gasteiger partial charge in [-0.25, -0.2) is 4.79 Å². The molecule has 1 fully saturated rings. The smallest absolute Gasteiger partial charge is 0.340 e. The van der Waals surface area contributed by atoms with Crippen LogP contribution in [0.3, 0.4) is 0 Å². The van der Waals surface area contributed by atoms with E-state index < -0.39 is 0 Å². The van der Waals surface area contributed by atoms with E-state index in [1.165, 1.54) is 35.3 Å². The number of hydrogen-bond acceptors (Lipinski definition) is 7. The van der Waals surface area contributed by atoms with E-state index in [1.807, 2.05) is 0 Å². The maximum atomic E-state index is 12.1. The number of carbonyl (C=O) groups excluding carboxylic acids is 1. The molecule has 36 heavy (non-hydrogen) atoms. The Hall–Kier alpha value is -3.58. The van der Waals surface area contributed by atoms with Gasteiger partial charge in [-0.2, -0.15) is 0 Å². The predicted octanol–water partition coefficient (Wildman–Crippen LogP) is 5.00. The van der Waals surface area contributed by atoms with Crippen LogP contribution in [0.25, 0.3) is 0 Å². The lowest BCUT2D eigenvalue weighted by molar-refractivity contribution is 0.0601. The second-order valence-corrected chi connectivity index (χ2v) is 9.44. The van der Waals surface area contributed by atoms with Crippen molar-refractivity contribution in [2.75, 3.05) is 62.1 Å². The summed E-state index contributed by atoms with van der Waals surface area (Å²) in [6, 6.07) is 17.3. The molecule has 0 unspecified atom stereocenters. The number of ether oxygens (including phenoxy) is 2. The highest BCUT2D eigenvalue weighted by molar-refractivity contribution is 5.95. The van der Waals surface area contributed by atoms with Crippen LogP contribution in [0.15, 0.2) is 60.9 Å². The number of pyridine rings is 1. The molecule has 5 rings (SSSR count). The maximum absolute atomic E-state index is 12.1. The quantitative estimate of drug-likeness (QED) is 0.471. The molecule has 7 heteroatoms. The van der Waals surface area contributed by atoms with Gasteiger partial charge in [-0.15, -0.1) is 0 Å². The number of rotatable bonds is 7.